The lowest BCUT2D eigenvalue weighted by molar-refractivity contribution is -0.385. The van der Waals surface area contributed by atoms with Gasteiger partial charge in [-0.15, -0.1) is 0 Å². The first kappa shape index (κ1) is 18.0. The molecule has 0 aromatic heterocycles. The molecule has 0 atom stereocenters. The summed E-state index contributed by atoms with van der Waals surface area (Å²) >= 11 is 0. The molecule has 0 aliphatic rings. The average Bonchev–Trinajstić information content (AvgIpc) is 2.58. The van der Waals surface area contributed by atoms with Crippen LogP contribution >= 0.6 is 0 Å². The van der Waals surface area contributed by atoms with Gasteiger partial charge in [-0.1, -0.05) is 0 Å². The van der Waals surface area contributed by atoms with Crippen LogP contribution in [0.5, 0.6) is 23.0 Å². The van der Waals surface area contributed by atoms with Crippen molar-refractivity contribution in [3.05, 3.63) is 56.6 Å². The molecule has 0 radical (unpaired) electrons. The number of nitro groups is 2. The summed E-state index contributed by atoms with van der Waals surface area (Å²) < 4.78 is 16.5. The minimum Gasteiger partial charge on any atom is -0.490 e. The average molecular weight is 348 g/mol. The van der Waals surface area contributed by atoms with Gasteiger partial charge in [-0.05, 0) is 26.0 Å². The first-order valence-electron chi connectivity index (χ1n) is 7.46. The standard InChI is InChI=1S/C16H16N2O7/c1-3-23-15-9-11(17(19)20)5-7-13(15)25-14-8-6-12(18(21)22)10-16(14)24-4-2/h5-10H,3-4H2,1-2H3. The Kier molecular flexibility index (Phi) is 5.72. The molecule has 0 unspecified atom stereocenters. The predicted molar refractivity (Wildman–Crippen MR) is 88.6 cm³/mol. The van der Waals surface area contributed by atoms with Crippen LogP contribution in [-0.4, -0.2) is 23.1 Å². The molecule has 25 heavy (non-hydrogen) atoms. The molecule has 0 bridgehead atoms. The van der Waals surface area contributed by atoms with E-state index in [0.29, 0.717) is 0 Å². The van der Waals surface area contributed by atoms with E-state index in [9.17, 15) is 20.2 Å². The molecule has 0 fully saturated rings. The maximum atomic E-state index is 10.9. The van der Waals surface area contributed by atoms with Crippen molar-refractivity contribution >= 4 is 11.4 Å². The summed E-state index contributed by atoms with van der Waals surface area (Å²) in [7, 11) is 0. The second-order valence-corrected chi connectivity index (χ2v) is 4.74. The SMILES string of the molecule is CCOc1cc([N+](=O)[O-])ccc1Oc1ccc([N+](=O)[O-])cc1OCC. The van der Waals surface area contributed by atoms with E-state index >= 15 is 0 Å². The van der Waals surface area contributed by atoms with Crippen LogP contribution in [-0.2, 0) is 0 Å². The van der Waals surface area contributed by atoms with E-state index < -0.39 is 9.85 Å². The van der Waals surface area contributed by atoms with Gasteiger partial charge in [0.15, 0.2) is 23.0 Å². The molecule has 0 heterocycles. The fraction of sp³-hybridized carbons (Fsp3) is 0.250. The summed E-state index contributed by atoms with van der Waals surface area (Å²) in [5, 5.41) is 21.8. The van der Waals surface area contributed by atoms with Crippen molar-refractivity contribution in [2.75, 3.05) is 13.2 Å². The summed E-state index contributed by atoms with van der Waals surface area (Å²) in [6, 6.07) is 7.88. The van der Waals surface area contributed by atoms with Crippen LogP contribution < -0.4 is 14.2 Å². The Hall–Kier alpha value is -3.36. The number of benzene rings is 2. The van der Waals surface area contributed by atoms with E-state index in [4.69, 9.17) is 14.2 Å². The van der Waals surface area contributed by atoms with Crippen LogP contribution in [0.2, 0.25) is 0 Å². The van der Waals surface area contributed by atoms with Crippen LogP contribution in [0.4, 0.5) is 11.4 Å². The third kappa shape index (κ3) is 4.34. The van der Waals surface area contributed by atoms with Gasteiger partial charge in [-0.3, -0.25) is 20.2 Å². The first-order chi connectivity index (χ1) is 12.0. The summed E-state index contributed by atoms with van der Waals surface area (Å²) in [4.78, 5) is 20.7. The number of non-ortho nitro benzene ring substituents is 2. The minimum atomic E-state index is -0.538. The Morgan fingerprint density at radius 1 is 0.760 bits per heavy atom. The number of rotatable bonds is 8. The van der Waals surface area contributed by atoms with Crippen molar-refractivity contribution in [2.45, 2.75) is 13.8 Å². The highest BCUT2D eigenvalue weighted by molar-refractivity contribution is 5.54. The van der Waals surface area contributed by atoms with E-state index in [0.717, 1.165) is 0 Å². The van der Waals surface area contributed by atoms with Crippen LogP contribution in [0.25, 0.3) is 0 Å². The quantitative estimate of drug-likeness (QED) is 0.521. The van der Waals surface area contributed by atoms with Gasteiger partial charge in [0, 0.05) is 12.1 Å². The maximum absolute atomic E-state index is 10.9. The van der Waals surface area contributed by atoms with Crippen molar-refractivity contribution in [3.8, 4) is 23.0 Å². The molecule has 0 amide bonds. The molecule has 0 aliphatic heterocycles. The lowest BCUT2D eigenvalue weighted by Gasteiger charge is -2.14. The summed E-state index contributed by atoms with van der Waals surface area (Å²) in [5.41, 5.74) is -0.269. The maximum Gasteiger partial charge on any atom is 0.273 e. The van der Waals surface area contributed by atoms with E-state index in [2.05, 4.69) is 0 Å². The van der Waals surface area contributed by atoms with Gasteiger partial charge in [0.2, 0.25) is 0 Å². The van der Waals surface area contributed by atoms with Crippen LogP contribution in [0.3, 0.4) is 0 Å². The van der Waals surface area contributed by atoms with Crippen molar-refractivity contribution in [1.82, 2.24) is 0 Å². The van der Waals surface area contributed by atoms with E-state index in [-0.39, 0.29) is 47.6 Å². The Morgan fingerprint density at radius 3 is 1.48 bits per heavy atom. The van der Waals surface area contributed by atoms with Crippen LogP contribution in [0.1, 0.15) is 13.8 Å². The molecule has 0 saturated carbocycles. The van der Waals surface area contributed by atoms with E-state index in [1.807, 2.05) is 0 Å². The van der Waals surface area contributed by atoms with Gasteiger partial charge in [0.05, 0.1) is 35.2 Å². The molecule has 9 heteroatoms. The van der Waals surface area contributed by atoms with Gasteiger partial charge < -0.3 is 14.2 Å². The van der Waals surface area contributed by atoms with Crippen molar-refractivity contribution in [2.24, 2.45) is 0 Å². The van der Waals surface area contributed by atoms with Crippen molar-refractivity contribution < 1.29 is 24.1 Å². The summed E-state index contributed by atoms with van der Waals surface area (Å²) in [6.07, 6.45) is 0. The zero-order chi connectivity index (χ0) is 18.4. The smallest absolute Gasteiger partial charge is 0.273 e. The van der Waals surface area contributed by atoms with Crippen molar-refractivity contribution in [1.29, 1.82) is 0 Å². The number of hydrogen-bond donors (Lipinski definition) is 0. The highest BCUT2D eigenvalue weighted by atomic mass is 16.6. The number of ether oxygens (including phenoxy) is 3. The molecule has 9 nitrogen and oxygen atoms in total. The van der Waals surface area contributed by atoms with Gasteiger partial charge in [-0.25, -0.2) is 0 Å². The van der Waals surface area contributed by atoms with Gasteiger partial charge >= 0.3 is 0 Å². The number of nitro benzene ring substituents is 2. The first-order valence-corrected chi connectivity index (χ1v) is 7.46. The molecule has 0 saturated heterocycles. The Balaban J connectivity index is 2.41. The molecule has 0 spiro atoms. The Morgan fingerprint density at radius 2 is 1.16 bits per heavy atom. The number of hydrogen-bond acceptors (Lipinski definition) is 7. The zero-order valence-corrected chi connectivity index (χ0v) is 13.6. The highest BCUT2D eigenvalue weighted by Crippen LogP contribution is 2.39. The molecule has 0 N–H and O–H groups in total. The third-order valence-corrected chi connectivity index (χ3v) is 3.10. The Labute approximate surface area is 143 Å². The topological polar surface area (TPSA) is 114 Å². The molecule has 132 valence electrons. The fourth-order valence-corrected chi connectivity index (χ4v) is 2.04. The van der Waals surface area contributed by atoms with Crippen molar-refractivity contribution in [3.63, 3.8) is 0 Å². The zero-order valence-electron chi connectivity index (χ0n) is 13.6. The number of nitrogens with zero attached hydrogens (tertiary/aromatic N) is 2. The summed E-state index contributed by atoms with van der Waals surface area (Å²) in [6.45, 7) is 4.05. The van der Waals surface area contributed by atoms with E-state index in [1.54, 1.807) is 13.8 Å². The van der Waals surface area contributed by atoms with E-state index in [1.165, 1.54) is 36.4 Å². The monoisotopic (exact) mass is 348 g/mol. The molecule has 2 rings (SSSR count). The Bertz CT molecular complexity index is 727. The van der Waals surface area contributed by atoms with Crippen LogP contribution in [0, 0.1) is 20.2 Å². The molecule has 2 aromatic rings. The second kappa shape index (κ2) is 7.95. The molecular formula is C16H16N2O7. The molecule has 2 aromatic carbocycles. The lowest BCUT2D eigenvalue weighted by atomic mass is 10.2. The van der Waals surface area contributed by atoms with Crippen LogP contribution in [0.15, 0.2) is 36.4 Å². The minimum absolute atomic E-state index is 0.135. The van der Waals surface area contributed by atoms with Gasteiger partial charge in [0.25, 0.3) is 11.4 Å². The second-order valence-electron chi connectivity index (χ2n) is 4.74. The lowest BCUT2D eigenvalue weighted by Crippen LogP contribution is -1.99. The molecular weight excluding hydrogens is 332 g/mol. The summed E-state index contributed by atoms with van der Waals surface area (Å²) in [5.74, 6) is 0.861. The van der Waals surface area contributed by atoms with Gasteiger partial charge in [0.1, 0.15) is 0 Å². The van der Waals surface area contributed by atoms with Gasteiger partial charge in [-0.2, -0.15) is 0 Å². The highest BCUT2D eigenvalue weighted by Gasteiger charge is 2.17. The molecule has 0 aliphatic carbocycles. The third-order valence-electron chi connectivity index (χ3n) is 3.10. The fourth-order valence-electron chi connectivity index (χ4n) is 2.04. The largest absolute Gasteiger partial charge is 0.490 e. The normalized spacial score (nSPS) is 10.2. The predicted octanol–water partition coefficient (Wildman–Crippen LogP) is 4.09.